The van der Waals surface area contributed by atoms with Crippen molar-refractivity contribution in [2.24, 2.45) is 0 Å². The average Bonchev–Trinajstić information content (AvgIpc) is 2.77. The molecule has 4 rings (SSSR count). The van der Waals surface area contributed by atoms with Crippen LogP contribution in [0.3, 0.4) is 0 Å². The summed E-state index contributed by atoms with van der Waals surface area (Å²) in [5, 5.41) is 3.28. The highest BCUT2D eigenvalue weighted by atomic mass is 16.5. The number of ether oxygens (including phenoxy) is 2. The molecule has 0 spiro atoms. The highest BCUT2D eigenvalue weighted by Gasteiger charge is 2.17. The molecule has 0 atom stereocenters. The quantitative estimate of drug-likeness (QED) is 0.644. The Morgan fingerprint density at radius 1 is 1.28 bits per heavy atom. The maximum atomic E-state index is 12.5. The number of benzene rings is 1. The minimum Gasteiger partial charge on any atom is -0.493 e. The molecule has 29 heavy (non-hydrogen) atoms. The molecule has 0 bridgehead atoms. The number of para-hydroxylation sites is 1. The number of morpholine rings is 1. The van der Waals surface area contributed by atoms with Crippen molar-refractivity contribution in [1.82, 2.24) is 15.3 Å². The van der Waals surface area contributed by atoms with E-state index in [1.807, 2.05) is 6.07 Å². The molecular weight excluding hydrogens is 376 g/mol. The summed E-state index contributed by atoms with van der Waals surface area (Å²) in [6.45, 7) is 2.90. The van der Waals surface area contributed by atoms with E-state index in [4.69, 9.17) is 13.9 Å². The summed E-state index contributed by atoms with van der Waals surface area (Å²) in [6, 6.07) is 8.50. The second kappa shape index (κ2) is 8.27. The molecule has 0 unspecified atom stereocenters. The van der Waals surface area contributed by atoms with E-state index in [1.165, 1.54) is 13.2 Å². The van der Waals surface area contributed by atoms with Gasteiger partial charge in [-0.1, -0.05) is 12.1 Å². The number of anilines is 1. The predicted molar refractivity (Wildman–Crippen MR) is 105 cm³/mol. The van der Waals surface area contributed by atoms with Gasteiger partial charge in [-0.25, -0.2) is 14.8 Å². The fourth-order valence-electron chi connectivity index (χ4n) is 3.13. The normalized spacial score (nSPS) is 14.0. The Balaban J connectivity index is 1.50. The number of fused-ring (bicyclic) bond motifs is 1. The summed E-state index contributed by atoms with van der Waals surface area (Å²) >= 11 is 0. The highest BCUT2D eigenvalue weighted by Crippen LogP contribution is 2.24. The van der Waals surface area contributed by atoms with Gasteiger partial charge in [-0.2, -0.15) is 0 Å². The first-order valence-electron chi connectivity index (χ1n) is 9.19. The third-order valence-corrected chi connectivity index (χ3v) is 4.62. The smallest absolute Gasteiger partial charge is 0.349 e. The van der Waals surface area contributed by atoms with Crippen LogP contribution in [0.5, 0.6) is 5.75 Å². The molecule has 1 fully saturated rings. The topological polar surface area (TPSA) is 107 Å². The van der Waals surface area contributed by atoms with Crippen LogP contribution in [-0.4, -0.2) is 49.3 Å². The van der Waals surface area contributed by atoms with Gasteiger partial charge in [-0.3, -0.25) is 4.79 Å². The van der Waals surface area contributed by atoms with Gasteiger partial charge in [-0.05, 0) is 18.2 Å². The van der Waals surface area contributed by atoms with Gasteiger partial charge in [0.05, 0.1) is 26.9 Å². The lowest BCUT2D eigenvalue weighted by molar-refractivity contribution is 0.0946. The SMILES string of the molecule is COc1cccc2cc(C(=O)NCc3nccc(N4CCOCC4)n3)c(=O)oc12. The number of rotatable bonds is 5. The average molecular weight is 396 g/mol. The van der Waals surface area contributed by atoms with Gasteiger partial charge in [0, 0.05) is 24.7 Å². The first-order chi connectivity index (χ1) is 14.2. The molecule has 2 aromatic heterocycles. The molecule has 1 N–H and O–H groups in total. The van der Waals surface area contributed by atoms with Gasteiger partial charge in [0.2, 0.25) is 0 Å². The molecule has 0 aliphatic carbocycles. The van der Waals surface area contributed by atoms with Crippen LogP contribution in [0.15, 0.2) is 45.7 Å². The minimum absolute atomic E-state index is 0.0879. The monoisotopic (exact) mass is 396 g/mol. The van der Waals surface area contributed by atoms with Crippen molar-refractivity contribution >= 4 is 22.7 Å². The standard InChI is InChI=1S/C20H20N4O5/c1-27-15-4-2-3-13-11-14(20(26)29-18(13)15)19(25)22-12-16-21-6-5-17(23-16)24-7-9-28-10-8-24/h2-6,11H,7-10,12H2,1H3,(H,22,25). The second-order valence-corrected chi connectivity index (χ2v) is 6.44. The van der Waals surface area contributed by atoms with Gasteiger partial charge >= 0.3 is 5.63 Å². The molecule has 1 amide bonds. The van der Waals surface area contributed by atoms with E-state index in [0.717, 1.165) is 18.9 Å². The largest absolute Gasteiger partial charge is 0.493 e. The molecule has 1 aliphatic heterocycles. The summed E-state index contributed by atoms with van der Waals surface area (Å²) in [5.41, 5.74) is -0.518. The fourth-order valence-corrected chi connectivity index (χ4v) is 3.13. The Hall–Kier alpha value is -3.46. The second-order valence-electron chi connectivity index (χ2n) is 6.44. The number of nitrogens with zero attached hydrogens (tertiary/aromatic N) is 3. The lowest BCUT2D eigenvalue weighted by Crippen LogP contribution is -2.37. The summed E-state index contributed by atoms with van der Waals surface area (Å²) in [5.74, 6) is 1.11. The van der Waals surface area contributed by atoms with E-state index >= 15 is 0 Å². The van der Waals surface area contributed by atoms with Crippen molar-refractivity contribution < 1.29 is 18.7 Å². The molecule has 9 heteroatoms. The zero-order chi connectivity index (χ0) is 20.2. The summed E-state index contributed by atoms with van der Waals surface area (Å²) in [4.78, 5) is 35.6. The lowest BCUT2D eigenvalue weighted by Gasteiger charge is -2.27. The maximum absolute atomic E-state index is 12.5. The van der Waals surface area contributed by atoms with E-state index in [-0.39, 0.29) is 12.1 Å². The summed E-state index contributed by atoms with van der Waals surface area (Å²) in [7, 11) is 1.49. The Bertz CT molecular complexity index is 1090. The van der Waals surface area contributed by atoms with Crippen molar-refractivity contribution in [2.75, 3.05) is 38.3 Å². The van der Waals surface area contributed by atoms with Crippen LogP contribution in [0.25, 0.3) is 11.0 Å². The van der Waals surface area contributed by atoms with E-state index in [2.05, 4.69) is 20.2 Å². The molecule has 1 aliphatic rings. The van der Waals surface area contributed by atoms with Crippen LogP contribution < -0.4 is 20.6 Å². The van der Waals surface area contributed by atoms with Crippen LogP contribution in [0.1, 0.15) is 16.2 Å². The number of hydrogen-bond acceptors (Lipinski definition) is 8. The first-order valence-corrected chi connectivity index (χ1v) is 9.19. The number of hydrogen-bond donors (Lipinski definition) is 1. The van der Waals surface area contributed by atoms with Crippen molar-refractivity contribution in [3.8, 4) is 5.75 Å². The molecule has 0 saturated carbocycles. The van der Waals surface area contributed by atoms with Crippen LogP contribution >= 0.6 is 0 Å². The number of methoxy groups -OCH3 is 1. The molecule has 0 radical (unpaired) electrons. The zero-order valence-corrected chi connectivity index (χ0v) is 15.9. The third kappa shape index (κ3) is 4.04. The summed E-state index contributed by atoms with van der Waals surface area (Å²) in [6.07, 6.45) is 1.65. The van der Waals surface area contributed by atoms with E-state index in [0.29, 0.717) is 35.8 Å². The number of nitrogens with one attached hydrogen (secondary N) is 1. The van der Waals surface area contributed by atoms with Gasteiger partial charge in [0.1, 0.15) is 17.2 Å². The molecule has 150 valence electrons. The Labute approximate surface area is 166 Å². The van der Waals surface area contributed by atoms with Gasteiger partial charge in [0.25, 0.3) is 5.91 Å². The highest BCUT2D eigenvalue weighted by molar-refractivity contribution is 5.97. The third-order valence-electron chi connectivity index (χ3n) is 4.62. The van der Waals surface area contributed by atoms with Crippen LogP contribution in [0.4, 0.5) is 5.82 Å². The van der Waals surface area contributed by atoms with Gasteiger partial charge in [0.15, 0.2) is 11.3 Å². The Morgan fingerprint density at radius 2 is 2.10 bits per heavy atom. The molecule has 1 saturated heterocycles. The van der Waals surface area contributed by atoms with Crippen molar-refractivity contribution in [3.63, 3.8) is 0 Å². The van der Waals surface area contributed by atoms with E-state index in [9.17, 15) is 9.59 Å². The number of amides is 1. The van der Waals surface area contributed by atoms with Gasteiger partial charge < -0.3 is 24.1 Å². The maximum Gasteiger partial charge on any atom is 0.349 e. The van der Waals surface area contributed by atoms with Gasteiger partial charge in [-0.15, -0.1) is 0 Å². The van der Waals surface area contributed by atoms with Crippen molar-refractivity contribution in [2.45, 2.75) is 6.54 Å². The van der Waals surface area contributed by atoms with Crippen molar-refractivity contribution in [3.05, 3.63) is 58.3 Å². The fraction of sp³-hybridized carbons (Fsp3) is 0.300. The molecule has 3 heterocycles. The molecule has 3 aromatic rings. The van der Waals surface area contributed by atoms with Crippen LogP contribution in [-0.2, 0) is 11.3 Å². The van der Waals surface area contributed by atoms with E-state index in [1.54, 1.807) is 24.4 Å². The number of carbonyl (C=O) groups excluding carboxylic acids is 1. The number of aromatic nitrogens is 2. The lowest BCUT2D eigenvalue weighted by atomic mass is 10.1. The van der Waals surface area contributed by atoms with Crippen LogP contribution in [0, 0.1) is 0 Å². The Morgan fingerprint density at radius 3 is 2.90 bits per heavy atom. The molecular formula is C20H20N4O5. The summed E-state index contributed by atoms with van der Waals surface area (Å²) < 4.78 is 15.8. The minimum atomic E-state index is -0.734. The zero-order valence-electron chi connectivity index (χ0n) is 15.9. The predicted octanol–water partition coefficient (Wildman–Crippen LogP) is 1.36. The Kier molecular flexibility index (Phi) is 5.39. The molecule has 9 nitrogen and oxygen atoms in total. The van der Waals surface area contributed by atoms with E-state index < -0.39 is 11.5 Å². The van der Waals surface area contributed by atoms with Crippen molar-refractivity contribution in [1.29, 1.82) is 0 Å². The van der Waals surface area contributed by atoms with Crippen LogP contribution in [0.2, 0.25) is 0 Å². The number of carbonyl (C=O) groups is 1. The first kappa shape index (κ1) is 18.9. The molecule has 1 aromatic carbocycles.